The summed E-state index contributed by atoms with van der Waals surface area (Å²) >= 11 is 0. The molecule has 2 heterocycles. The second-order valence-corrected chi connectivity index (χ2v) is 3.90. The number of carbonyl (C=O) groups excluding carboxylic acids is 2. The quantitative estimate of drug-likeness (QED) is 0.432. The highest BCUT2D eigenvalue weighted by molar-refractivity contribution is 6.00. The molecular weight excluding hydrogens is 198 g/mol. The van der Waals surface area contributed by atoms with Gasteiger partial charge in [0.25, 0.3) is 0 Å². The maximum Gasteiger partial charge on any atom is 0.317 e. The molecular formula is C10H15NO4. The Labute approximate surface area is 88.3 Å². The number of rotatable bonds is 1. The smallest absolute Gasteiger partial charge is 0.317 e. The highest BCUT2D eigenvalue weighted by Gasteiger charge is 2.43. The molecule has 2 aliphatic heterocycles. The molecule has 0 N–H and O–H groups in total. The first-order chi connectivity index (χ1) is 7.24. The van der Waals surface area contributed by atoms with E-state index < -0.39 is 11.9 Å². The highest BCUT2D eigenvalue weighted by atomic mass is 16.5. The van der Waals surface area contributed by atoms with E-state index in [0.29, 0.717) is 19.6 Å². The van der Waals surface area contributed by atoms with E-state index in [9.17, 15) is 9.59 Å². The Balaban J connectivity index is 2.16. The summed E-state index contributed by atoms with van der Waals surface area (Å²) in [7, 11) is 1.32. The van der Waals surface area contributed by atoms with Crippen LogP contribution >= 0.6 is 0 Å². The predicted octanol–water partition coefficient (Wildman–Crippen LogP) is -0.551. The molecule has 5 heteroatoms. The van der Waals surface area contributed by atoms with Crippen molar-refractivity contribution in [3.05, 3.63) is 0 Å². The molecule has 0 spiro atoms. The predicted molar refractivity (Wildman–Crippen MR) is 51.3 cm³/mol. The second-order valence-electron chi connectivity index (χ2n) is 3.90. The molecule has 0 saturated carbocycles. The Morgan fingerprint density at radius 2 is 2.33 bits per heavy atom. The summed E-state index contributed by atoms with van der Waals surface area (Å²) in [4.78, 5) is 25.3. The van der Waals surface area contributed by atoms with Gasteiger partial charge in [0.2, 0.25) is 0 Å². The van der Waals surface area contributed by atoms with Gasteiger partial charge in [0.15, 0.2) is 0 Å². The van der Waals surface area contributed by atoms with Crippen LogP contribution in [0, 0.1) is 5.92 Å². The average molecular weight is 213 g/mol. The van der Waals surface area contributed by atoms with Crippen LogP contribution < -0.4 is 0 Å². The third kappa shape index (κ3) is 1.89. The van der Waals surface area contributed by atoms with Crippen LogP contribution in [0.2, 0.25) is 0 Å². The summed E-state index contributed by atoms with van der Waals surface area (Å²) in [6.45, 7) is 2.66. The van der Waals surface area contributed by atoms with Crippen LogP contribution in [-0.2, 0) is 19.1 Å². The topological polar surface area (TPSA) is 55.8 Å². The van der Waals surface area contributed by atoms with E-state index in [-0.39, 0.29) is 11.8 Å². The molecule has 84 valence electrons. The number of esters is 1. The number of ether oxygens (including phenoxy) is 2. The maximum atomic E-state index is 11.7. The molecule has 15 heavy (non-hydrogen) atoms. The fraction of sp³-hybridized carbons (Fsp3) is 0.800. The van der Waals surface area contributed by atoms with Gasteiger partial charge in [-0.05, 0) is 0 Å². The van der Waals surface area contributed by atoms with Crippen molar-refractivity contribution in [2.24, 2.45) is 5.92 Å². The molecule has 0 aromatic carbocycles. The lowest BCUT2D eigenvalue weighted by Gasteiger charge is -2.41. The second kappa shape index (κ2) is 4.28. The third-order valence-corrected chi connectivity index (χ3v) is 3.11. The fourth-order valence-corrected chi connectivity index (χ4v) is 2.28. The van der Waals surface area contributed by atoms with Gasteiger partial charge in [-0.3, -0.25) is 14.5 Å². The number of ketones is 1. The summed E-state index contributed by atoms with van der Waals surface area (Å²) < 4.78 is 9.98. The van der Waals surface area contributed by atoms with Gasteiger partial charge in [-0.25, -0.2) is 0 Å². The van der Waals surface area contributed by atoms with Crippen LogP contribution in [0.3, 0.4) is 0 Å². The molecule has 2 unspecified atom stereocenters. The van der Waals surface area contributed by atoms with Crippen molar-refractivity contribution >= 4 is 11.8 Å². The molecule has 2 fully saturated rings. The molecule has 0 aliphatic carbocycles. The van der Waals surface area contributed by atoms with Crippen molar-refractivity contribution in [1.82, 2.24) is 4.90 Å². The number of morpholine rings is 1. The molecule has 0 aromatic rings. The molecule has 0 amide bonds. The summed E-state index contributed by atoms with van der Waals surface area (Å²) in [5, 5.41) is 0. The largest absolute Gasteiger partial charge is 0.468 e. The average Bonchev–Trinajstić information content (AvgIpc) is 2.28. The Hall–Kier alpha value is -0.940. The lowest BCUT2D eigenvalue weighted by atomic mass is 9.87. The summed E-state index contributed by atoms with van der Waals surface area (Å²) in [6.07, 6.45) is 0.441. The Bertz CT molecular complexity index is 271. The van der Waals surface area contributed by atoms with Crippen LogP contribution in [0.15, 0.2) is 0 Å². The van der Waals surface area contributed by atoms with Crippen LogP contribution in [0.1, 0.15) is 6.42 Å². The number of hydrogen-bond acceptors (Lipinski definition) is 5. The van der Waals surface area contributed by atoms with E-state index in [0.717, 1.165) is 13.1 Å². The zero-order valence-electron chi connectivity index (χ0n) is 8.77. The minimum atomic E-state index is -0.649. The summed E-state index contributed by atoms with van der Waals surface area (Å²) in [5.74, 6) is -1.10. The van der Waals surface area contributed by atoms with E-state index in [1.165, 1.54) is 7.11 Å². The highest BCUT2D eigenvalue weighted by Crippen LogP contribution is 2.24. The molecule has 2 saturated heterocycles. The number of fused-ring (bicyclic) bond motifs is 1. The number of methoxy groups -OCH3 is 1. The minimum Gasteiger partial charge on any atom is -0.468 e. The number of carbonyl (C=O) groups is 2. The molecule has 2 aliphatic rings. The van der Waals surface area contributed by atoms with Crippen molar-refractivity contribution < 1.29 is 19.1 Å². The van der Waals surface area contributed by atoms with Crippen molar-refractivity contribution in [2.45, 2.75) is 12.5 Å². The van der Waals surface area contributed by atoms with Crippen LogP contribution in [0.4, 0.5) is 0 Å². The first kappa shape index (κ1) is 10.6. The van der Waals surface area contributed by atoms with Gasteiger partial charge in [-0.15, -0.1) is 0 Å². The number of piperidine rings is 1. The van der Waals surface area contributed by atoms with E-state index in [2.05, 4.69) is 9.64 Å². The molecule has 2 rings (SSSR count). The van der Waals surface area contributed by atoms with Gasteiger partial charge in [0, 0.05) is 19.5 Å². The van der Waals surface area contributed by atoms with E-state index in [1.807, 2.05) is 0 Å². The zero-order chi connectivity index (χ0) is 10.8. The minimum absolute atomic E-state index is 0.0198. The van der Waals surface area contributed by atoms with Gasteiger partial charge < -0.3 is 9.47 Å². The van der Waals surface area contributed by atoms with Gasteiger partial charge in [0.05, 0.1) is 26.4 Å². The monoisotopic (exact) mass is 213 g/mol. The zero-order valence-corrected chi connectivity index (χ0v) is 8.77. The fourth-order valence-electron chi connectivity index (χ4n) is 2.28. The van der Waals surface area contributed by atoms with Crippen LogP contribution in [0.5, 0.6) is 0 Å². The number of Topliss-reactive ketones (excluding diaryl/α,β-unsaturated/α-hetero) is 1. The first-order valence-electron chi connectivity index (χ1n) is 5.16. The van der Waals surface area contributed by atoms with Crippen LogP contribution in [-0.4, -0.2) is 56.1 Å². The summed E-state index contributed by atoms with van der Waals surface area (Å²) in [6, 6.07) is -0.118. The third-order valence-electron chi connectivity index (χ3n) is 3.11. The van der Waals surface area contributed by atoms with Gasteiger partial charge in [-0.1, -0.05) is 0 Å². The maximum absolute atomic E-state index is 11.7. The van der Waals surface area contributed by atoms with Crippen LogP contribution in [0.25, 0.3) is 0 Å². The number of hydrogen-bond donors (Lipinski definition) is 0. The van der Waals surface area contributed by atoms with Crippen molar-refractivity contribution in [2.75, 3.05) is 33.4 Å². The number of nitrogens with zero attached hydrogens (tertiary/aromatic N) is 1. The van der Waals surface area contributed by atoms with Crippen molar-refractivity contribution in [3.8, 4) is 0 Å². The lowest BCUT2D eigenvalue weighted by Crippen LogP contribution is -2.57. The molecule has 5 nitrogen and oxygen atoms in total. The first-order valence-corrected chi connectivity index (χ1v) is 5.16. The lowest BCUT2D eigenvalue weighted by molar-refractivity contribution is -0.159. The Morgan fingerprint density at radius 1 is 1.53 bits per heavy atom. The Morgan fingerprint density at radius 3 is 3.07 bits per heavy atom. The van der Waals surface area contributed by atoms with E-state index in [1.54, 1.807) is 0 Å². The molecule has 0 radical (unpaired) electrons. The van der Waals surface area contributed by atoms with Crippen molar-refractivity contribution in [3.63, 3.8) is 0 Å². The molecule has 2 atom stereocenters. The van der Waals surface area contributed by atoms with Gasteiger partial charge in [-0.2, -0.15) is 0 Å². The summed E-state index contributed by atoms with van der Waals surface area (Å²) in [5.41, 5.74) is 0. The van der Waals surface area contributed by atoms with Gasteiger partial charge in [0.1, 0.15) is 11.7 Å². The van der Waals surface area contributed by atoms with Crippen molar-refractivity contribution in [1.29, 1.82) is 0 Å². The molecule has 0 bridgehead atoms. The van der Waals surface area contributed by atoms with E-state index in [4.69, 9.17) is 4.74 Å². The SMILES string of the molecule is COC(=O)C1C(=O)CCN2CCOCC12. The standard InChI is InChI=1S/C10H15NO4/c1-14-10(13)9-7-6-15-5-4-11(7)3-2-8(9)12/h7,9H,2-6H2,1H3. The normalized spacial score (nSPS) is 32.2. The van der Waals surface area contributed by atoms with E-state index >= 15 is 0 Å². The van der Waals surface area contributed by atoms with Gasteiger partial charge >= 0.3 is 5.97 Å². The molecule has 0 aromatic heterocycles. The Kier molecular flexibility index (Phi) is 3.02.